The van der Waals surface area contributed by atoms with Crippen LogP contribution in [-0.4, -0.2) is 58.1 Å². The number of carbonyl (C=O) groups is 1. The number of carbonyl (C=O) groups excluding carboxylic acids is 1. The van der Waals surface area contributed by atoms with Crippen LogP contribution in [-0.2, 0) is 13.0 Å². The largest absolute Gasteiger partial charge is 0.493 e. The van der Waals surface area contributed by atoms with Gasteiger partial charge in [-0.1, -0.05) is 16.6 Å². The van der Waals surface area contributed by atoms with E-state index in [-0.39, 0.29) is 5.91 Å². The first kappa shape index (κ1) is 15.5. The minimum absolute atomic E-state index is 0.0665. The van der Waals surface area contributed by atoms with Crippen molar-refractivity contribution in [2.75, 3.05) is 32.8 Å². The molecule has 1 amide bonds. The lowest BCUT2D eigenvalue weighted by Crippen LogP contribution is -2.48. The van der Waals surface area contributed by atoms with Crippen LogP contribution in [0.1, 0.15) is 26.5 Å². The quantitative estimate of drug-likeness (QED) is 0.849. The lowest BCUT2D eigenvalue weighted by atomic mass is 10.1. The molecule has 7 heteroatoms. The molecular formula is C17H20N4O2S. The minimum atomic E-state index is 0.0665. The molecule has 0 saturated carbocycles. The van der Waals surface area contributed by atoms with Gasteiger partial charge in [-0.05, 0) is 35.6 Å². The molecule has 2 aliphatic heterocycles. The molecule has 0 unspecified atom stereocenters. The molecule has 1 aromatic carbocycles. The number of rotatable bonds is 3. The second-order valence-corrected chi connectivity index (χ2v) is 7.05. The van der Waals surface area contributed by atoms with Crippen LogP contribution in [0.2, 0.25) is 0 Å². The van der Waals surface area contributed by atoms with Crippen LogP contribution in [0.4, 0.5) is 0 Å². The van der Waals surface area contributed by atoms with Gasteiger partial charge in [-0.15, -0.1) is 5.10 Å². The normalized spacial score (nSPS) is 17.6. The summed E-state index contributed by atoms with van der Waals surface area (Å²) in [5.41, 5.74) is 3.36. The molecule has 24 heavy (non-hydrogen) atoms. The smallest absolute Gasteiger partial charge is 0.267 e. The maximum absolute atomic E-state index is 12.5. The van der Waals surface area contributed by atoms with Gasteiger partial charge in [0.1, 0.15) is 10.6 Å². The molecule has 0 radical (unpaired) electrons. The third-order valence-electron chi connectivity index (χ3n) is 4.67. The number of hydrogen-bond donors (Lipinski definition) is 0. The maximum atomic E-state index is 12.5. The van der Waals surface area contributed by atoms with E-state index < -0.39 is 0 Å². The van der Waals surface area contributed by atoms with E-state index >= 15 is 0 Å². The lowest BCUT2D eigenvalue weighted by Gasteiger charge is -2.34. The Morgan fingerprint density at radius 2 is 2.12 bits per heavy atom. The maximum Gasteiger partial charge on any atom is 0.267 e. The van der Waals surface area contributed by atoms with Gasteiger partial charge in [-0.25, -0.2) is 0 Å². The van der Waals surface area contributed by atoms with Crippen molar-refractivity contribution in [2.45, 2.75) is 19.9 Å². The summed E-state index contributed by atoms with van der Waals surface area (Å²) >= 11 is 1.19. The fourth-order valence-electron chi connectivity index (χ4n) is 3.28. The van der Waals surface area contributed by atoms with Crippen molar-refractivity contribution in [3.8, 4) is 5.75 Å². The Morgan fingerprint density at radius 3 is 2.88 bits per heavy atom. The highest BCUT2D eigenvalue weighted by atomic mass is 32.1. The number of aromatic nitrogens is 2. The summed E-state index contributed by atoms with van der Waals surface area (Å²) in [5, 5.41) is 3.93. The highest BCUT2D eigenvalue weighted by Crippen LogP contribution is 2.26. The van der Waals surface area contributed by atoms with Crippen LogP contribution in [0, 0.1) is 6.92 Å². The molecule has 4 rings (SSSR count). The van der Waals surface area contributed by atoms with Crippen LogP contribution < -0.4 is 4.74 Å². The lowest BCUT2D eigenvalue weighted by molar-refractivity contribution is 0.0632. The SMILES string of the molecule is Cc1nnsc1C(=O)N1CCN(Cc2ccc3c(c2)CCO3)CC1. The molecule has 6 nitrogen and oxygen atoms in total. The second kappa shape index (κ2) is 6.49. The summed E-state index contributed by atoms with van der Waals surface area (Å²) < 4.78 is 9.42. The Kier molecular flexibility index (Phi) is 4.20. The van der Waals surface area contributed by atoms with Crippen molar-refractivity contribution in [3.63, 3.8) is 0 Å². The molecule has 2 aliphatic rings. The van der Waals surface area contributed by atoms with Crippen LogP contribution in [0.15, 0.2) is 18.2 Å². The third kappa shape index (κ3) is 3.01. The molecule has 1 aromatic heterocycles. The highest BCUT2D eigenvalue weighted by Gasteiger charge is 2.25. The van der Waals surface area contributed by atoms with E-state index in [2.05, 4.69) is 32.7 Å². The number of piperazine rings is 1. The second-order valence-electron chi connectivity index (χ2n) is 6.30. The summed E-state index contributed by atoms with van der Waals surface area (Å²) in [5.74, 6) is 1.10. The van der Waals surface area contributed by atoms with Crippen molar-refractivity contribution in [1.82, 2.24) is 19.4 Å². The van der Waals surface area contributed by atoms with Gasteiger partial charge in [-0.2, -0.15) is 0 Å². The Morgan fingerprint density at radius 1 is 1.29 bits per heavy atom. The molecular weight excluding hydrogens is 324 g/mol. The van der Waals surface area contributed by atoms with Gasteiger partial charge in [-0.3, -0.25) is 9.69 Å². The van der Waals surface area contributed by atoms with Gasteiger partial charge in [0, 0.05) is 39.1 Å². The zero-order valence-corrected chi connectivity index (χ0v) is 14.5. The van der Waals surface area contributed by atoms with Crippen molar-refractivity contribution in [1.29, 1.82) is 0 Å². The average molecular weight is 344 g/mol. The predicted octanol–water partition coefficient (Wildman–Crippen LogP) is 1.74. The first-order valence-corrected chi connectivity index (χ1v) is 9.03. The molecule has 0 bridgehead atoms. The van der Waals surface area contributed by atoms with Crippen molar-refractivity contribution >= 4 is 17.4 Å². The summed E-state index contributed by atoms with van der Waals surface area (Å²) in [6, 6.07) is 6.48. The highest BCUT2D eigenvalue weighted by molar-refractivity contribution is 7.07. The fraction of sp³-hybridized carbons (Fsp3) is 0.471. The number of fused-ring (bicyclic) bond motifs is 1. The van der Waals surface area contributed by atoms with Gasteiger partial charge in [0.2, 0.25) is 0 Å². The van der Waals surface area contributed by atoms with Crippen molar-refractivity contribution in [2.24, 2.45) is 0 Å². The average Bonchev–Trinajstić information content (AvgIpc) is 3.23. The van der Waals surface area contributed by atoms with Crippen LogP contribution in [0.25, 0.3) is 0 Å². The third-order valence-corrected chi connectivity index (χ3v) is 5.48. The minimum Gasteiger partial charge on any atom is -0.493 e. The molecule has 0 spiro atoms. The number of aryl methyl sites for hydroxylation is 1. The van der Waals surface area contributed by atoms with E-state index in [0.29, 0.717) is 4.88 Å². The summed E-state index contributed by atoms with van der Waals surface area (Å²) in [6.07, 6.45) is 1.01. The van der Waals surface area contributed by atoms with Crippen molar-refractivity contribution in [3.05, 3.63) is 39.9 Å². The topological polar surface area (TPSA) is 58.6 Å². The van der Waals surface area contributed by atoms with Crippen LogP contribution in [0.3, 0.4) is 0 Å². The molecule has 1 fully saturated rings. The van der Waals surface area contributed by atoms with E-state index in [1.165, 1.54) is 22.7 Å². The van der Waals surface area contributed by atoms with E-state index in [1.54, 1.807) is 0 Å². The van der Waals surface area contributed by atoms with Gasteiger partial charge >= 0.3 is 0 Å². The number of benzene rings is 1. The van der Waals surface area contributed by atoms with Crippen LogP contribution in [0.5, 0.6) is 5.75 Å². The van der Waals surface area contributed by atoms with Crippen molar-refractivity contribution < 1.29 is 9.53 Å². The van der Waals surface area contributed by atoms with E-state index in [4.69, 9.17) is 4.74 Å². The Bertz CT molecular complexity index is 753. The Labute approximate surface area is 145 Å². The van der Waals surface area contributed by atoms with Gasteiger partial charge in [0.25, 0.3) is 5.91 Å². The van der Waals surface area contributed by atoms with Gasteiger partial charge < -0.3 is 9.64 Å². The summed E-state index contributed by atoms with van der Waals surface area (Å²) in [6.45, 7) is 6.86. The number of nitrogens with zero attached hydrogens (tertiary/aromatic N) is 4. The zero-order chi connectivity index (χ0) is 16.5. The fourth-order valence-corrected chi connectivity index (χ4v) is 3.90. The predicted molar refractivity (Wildman–Crippen MR) is 91.5 cm³/mol. The van der Waals surface area contributed by atoms with Gasteiger partial charge in [0.05, 0.1) is 12.3 Å². The number of ether oxygens (including phenoxy) is 1. The number of amides is 1. The monoisotopic (exact) mass is 344 g/mol. The molecule has 0 aliphatic carbocycles. The molecule has 0 N–H and O–H groups in total. The number of hydrogen-bond acceptors (Lipinski definition) is 6. The molecule has 1 saturated heterocycles. The molecule has 2 aromatic rings. The van der Waals surface area contributed by atoms with Crippen LogP contribution >= 0.6 is 11.5 Å². The first-order chi connectivity index (χ1) is 11.7. The van der Waals surface area contributed by atoms with E-state index in [0.717, 1.165) is 57.2 Å². The molecule has 3 heterocycles. The Balaban J connectivity index is 1.35. The Hall–Kier alpha value is -1.99. The summed E-state index contributed by atoms with van der Waals surface area (Å²) in [4.78, 5) is 17.5. The van der Waals surface area contributed by atoms with Gasteiger partial charge in [0.15, 0.2) is 0 Å². The molecule has 126 valence electrons. The standard InChI is InChI=1S/C17H20N4O2S/c1-12-16(24-19-18-12)17(22)21-7-5-20(6-8-21)11-13-2-3-15-14(10-13)4-9-23-15/h2-3,10H,4-9,11H2,1H3. The zero-order valence-electron chi connectivity index (χ0n) is 13.7. The van der Waals surface area contributed by atoms with E-state index in [9.17, 15) is 4.79 Å². The molecule has 0 atom stereocenters. The van der Waals surface area contributed by atoms with E-state index in [1.807, 2.05) is 11.8 Å². The summed E-state index contributed by atoms with van der Waals surface area (Å²) in [7, 11) is 0. The first-order valence-electron chi connectivity index (χ1n) is 8.26.